The predicted molar refractivity (Wildman–Crippen MR) is 83.7 cm³/mol. The fourth-order valence-corrected chi connectivity index (χ4v) is 2.18. The zero-order valence-corrected chi connectivity index (χ0v) is 13.4. The van der Waals surface area contributed by atoms with Crippen LogP contribution in [0.2, 0.25) is 0 Å². The topological polar surface area (TPSA) is 26.3 Å². The Morgan fingerprint density at radius 1 is 1.20 bits per heavy atom. The van der Waals surface area contributed by atoms with E-state index in [4.69, 9.17) is 4.74 Å². The summed E-state index contributed by atoms with van der Waals surface area (Å²) in [5, 5.41) is 0. The molecule has 0 saturated heterocycles. The first-order valence-electron chi connectivity index (χ1n) is 7.83. The van der Waals surface area contributed by atoms with Gasteiger partial charge in [-0.15, -0.1) is 0 Å². The Morgan fingerprint density at radius 3 is 2.55 bits per heavy atom. The van der Waals surface area contributed by atoms with Gasteiger partial charge in [0.05, 0.1) is 0 Å². The standard InChI is InChI=1S/C18H28O2/c1-5-7-16-10-9-15(6-2)12-17(16)13-20-18(19)11-8-14(3)4/h9-10,12,14H,5-8,11,13H2,1-4H3. The largest absolute Gasteiger partial charge is 0.461 e. The second-order valence-corrected chi connectivity index (χ2v) is 5.80. The summed E-state index contributed by atoms with van der Waals surface area (Å²) in [6, 6.07) is 6.54. The van der Waals surface area contributed by atoms with Crippen LogP contribution in [0, 0.1) is 5.92 Å². The van der Waals surface area contributed by atoms with E-state index in [1.54, 1.807) is 0 Å². The maximum atomic E-state index is 11.7. The molecule has 0 saturated carbocycles. The van der Waals surface area contributed by atoms with E-state index in [9.17, 15) is 4.79 Å². The molecule has 0 spiro atoms. The van der Waals surface area contributed by atoms with E-state index in [0.29, 0.717) is 18.9 Å². The van der Waals surface area contributed by atoms with Crippen molar-refractivity contribution < 1.29 is 9.53 Å². The van der Waals surface area contributed by atoms with Crippen LogP contribution in [0.5, 0.6) is 0 Å². The van der Waals surface area contributed by atoms with Crippen LogP contribution in [0.15, 0.2) is 18.2 Å². The lowest BCUT2D eigenvalue weighted by Gasteiger charge is -2.12. The lowest BCUT2D eigenvalue weighted by atomic mass is 10.00. The molecule has 0 atom stereocenters. The highest BCUT2D eigenvalue weighted by Crippen LogP contribution is 2.16. The van der Waals surface area contributed by atoms with Crippen LogP contribution in [0.4, 0.5) is 0 Å². The Morgan fingerprint density at radius 2 is 1.95 bits per heavy atom. The van der Waals surface area contributed by atoms with Crippen molar-refractivity contribution in [3.63, 3.8) is 0 Å². The molecule has 0 bridgehead atoms. The van der Waals surface area contributed by atoms with Gasteiger partial charge in [-0.3, -0.25) is 4.79 Å². The second-order valence-electron chi connectivity index (χ2n) is 5.80. The summed E-state index contributed by atoms with van der Waals surface area (Å²) < 4.78 is 5.43. The summed E-state index contributed by atoms with van der Waals surface area (Å²) in [4.78, 5) is 11.7. The zero-order chi connectivity index (χ0) is 15.0. The molecule has 0 aliphatic heterocycles. The smallest absolute Gasteiger partial charge is 0.306 e. The van der Waals surface area contributed by atoms with Crippen molar-refractivity contribution in [2.24, 2.45) is 5.92 Å². The molecule has 2 heteroatoms. The third-order valence-corrected chi connectivity index (χ3v) is 3.51. The molecular weight excluding hydrogens is 248 g/mol. The molecule has 1 aromatic rings. The van der Waals surface area contributed by atoms with Gasteiger partial charge in [-0.2, -0.15) is 0 Å². The van der Waals surface area contributed by atoms with Gasteiger partial charge in [0.25, 0.3) is 0 Å². The van der Waals surface area contributed by atoms with Crippen LogP contribution in [-0.2, 0) is 29.0 Å². The molecule has 0 fully saturated rings. The van der Waals surface area contributed by atoms with E-state index in [1.807, 2.05) is 0 Å². The van der Waals surface area contributed by atoms with Crippen molar-refractivity contribution >= 4 is 5.97 Å². The van der Waals surface area contributed by atoms with Gasteiger partial charge < -0.3 is 4.74 Å². The average Bonchev–Trinajstić information content (AvgIpc) is 2.44. The number of benzene rings is 1. The van der Waals surface area contributed by atoms with E-state index in [2.05, 4.69) is 45.9 Å². The summed E-state index contributed by atoms with van der Waals surface area (Å²) in [7, 11) is 0. The van der Waals surface area contributed by atoms with E-state index >= 15 is 0 Å². The van der Waals surface area contributed by atoms with Crippen LogP contribution in [0.3, 0.4) is 0 Å². The van der Waals surface area contributed by atoms with Gasteiger partial charge in [-0.1, -0.05) is 52.3 Å². The summed E-state index contributed by atoms with van der Waals surface area (Å²) in [6.07, 6.45) is 4.59. The molecule has 0 heterocycles. The fourth-order valence-electron chi connectivity index (χ4n) is 2.18. The number of esters is 1. The second kappa shape index (κ2) is 8.78. The Bertz CT molecular complexity index is 421. The molecule has 1 rings (SSSR count). The Kier molecular flexibility index (Phi) is 7.35. The van der Waals surface area contributed by atoms with Crippen molar-refractivity contribution in [1.29, 1.82) is 0 Å². The minimum Gasteiger partial charge on any atom is -0.461 e. The lowest BCUT2D eigenvalue weighted by Crippen LogP contribution is -2.07. The molecule has 0 N–H and O–H groups in total. The van der Waals surface area contributed by atoms with Crippen LogP contribution >= 0.6 is 0 Å². The van der Waals surface area contributed by atoms with Gasteiger partial charge in [-0.25, -0.2) is 0 Å². The number of rotatable bonds is 8. The number of hydrogen-bond acceptors (Lipinski definition) is 2. The maximum absolute atomic E-state index is 11.7. The number of aryl methyl sites for hydroxylation is 2. The third kappa shape index (κ3) is 5.77. The highest BCUT2D eigenvalue weighted by molar-refractivity contribution is 5.69. The van der Waals surface area contributed by atoms with Gasteiger partial charge >= 0.3 is 5.97 Å². The Hall–Kier alpha value is -1.31. The van der Waals surface area contributed by atoms with Gasteiger partial charge in [0, 0.05) is 6.42 Å². The SMILES string of the molecule is CCCc1ccc(CC)cc1COC(=O)CCC(C)C. The molecule has 0 unspecified atom stereocenters. The molecule has 0 amide bonds. The summed E-state index contributed by atoms with van der Waals surface area (Å²) >= 11 is 0. The van der Waals surface area contributed by atoms with Crippen molar-refractivity contribution in [2.75, 3.05) is 0 Å². The average molecular weight is 276 g/mol. The monoisotopic (exact) mass is 276 g/mol. The molecule has 1 aromatic carbocycles. The molecule has 2 nitrogen and oxygen atoms in total. The summed E-state index contributed by atoms with van der Waals surface area (Å²) in [5.74, 6) is 0.463. The molecular formula is C18H28O2. The van der Waals surface area contributed by atoms with Crippen molar-refractivity contribution in [3.8, 4) is 0 Å². The quantitative estimate of drug-likeness (QED) is 0.644. The Balaban J connectivity index is 2.62. The van der Waals surface area contributed by atoms with Crippen molar-refractivity contribution in [2.45, 2.75) is 66.4 Å². The molecule has 0 radical (unpaired) electrons. The third-order valence-electron chi connectivity index (χ3n) is 3.51. The predicted octanol–water partition coefficient (Wildman–Crippen LogP) is 4.68. The normalized spacial score (nSPS) is 10.8. The molecule has 20 heavy (non-hydrogen) atoms. The van der Waals surface area contributed by atoms with Crippen molar-refractivity contribution in [3.05, 3.63) is 34.9 Å². The van der Waals surface area contributed by atoms with Gasteiger partial charge in [0.15, 0.2) is 0 Å². The number of hydrogen-bond donors (Lipinski definition) is 0. The first kappa shape index (κ1) is 16.7. The van der Waals surface area contributed by atoms with E-state index in [1.165, 1.54) is 16.7 Å². The summed E-state index contributed by atoms with van der Waals surface area (Å²) in [6.45, 7) is 8.98. The number of ether oxygens (including phenoxy) is 1. The van der Waals surface area contributed by atoms with Crippen molar-refractivity contribution in [1.82, 2.24) is 0 Å². The first-order valence-corrected chi connectivity index (χ1v) is 7.83. The fraction of sp³-hybridized carbons (Fsp3) is 0.611. The molecule has 0 aromatic heterocycles. The van der Waals surface area contributed by atoms with E-state index in [-0.39, 0.29) is 5.97 Å². The number of carbonyl (C=O) groups excluding carboxylic acids is 1. The lowest BCUT2D eigenvalue weighted by molar-refractivity contribution is -0.145. The van der Waals surface area contributed by atoms with Crippen LogP contribution < -0.4 is 0 Å². The zero-order valence-electron chi connectivity index (χ0n) is 13.4. The van der Waals surface area contributed by atoms with Gasteiger partial charge in [0.1, 0.15) is 6.61 Å². The minimum absolute atomic E-state index is 0.0805. The molecule has 0 aliphatic rings. The highest BCUT2D eigenvalue weighted by Gasteiger charge is 2.08. The van der Waals surface area contributed by atoms with E-state index < -0.39 is 0 Å². The molecule has 0 aliphatic carbocycles. The maximum Gasteiger partial charge on any atom is 0.306 e. The van der Waals surface area contributed by atoms with Gasteiger partial charge in [-0.05, 0) is 41.9 Å². The molecule has 112 valence electrons. The Labute approximate surface area is 123 Å². The first-order chi connectivity index (χ1) is 9.56. The number of carbonyl (C=O) groups is 1. The van der Waals surface area contributed by atoms with Crippen LogP contribution in [0.25, 0.3) is 0 Å². The summed E-state index contributed by atoms with van der Waals surface area (Å²) in [5.41, 5.74) is 3.78. The van der Waals surface area contributed by atoms with Gasteiger partial charge in [0.2, 0.25) is 0 Å². The van der Waals surface area contributed by atoms with E-state index in [0.717, 1.165) is 25.7 Å². The van der Waals surface area contributed by atoms with Crippen LogP contribution in [0.1, 0.15) is 63.6 Å². The van der Waals surface area contributed by atoms with Crippen LogP contribution in [-0.4, -0.2) is 5.97 Å². The minimum atomic E-state index is -0.0805. The highest BCUT2D eigenvalue weighted by atomic mass is 16.5.